The van der Waals surface area contributed by atoms with Crippen LogP contribution in [0.2, 0.25) is 0 Å². The van der Waals surface area contributed by atoms with Gasteiger partial charge >= 0.3 is 5.24 Å². The molecule has 0 atom stereocenters. The van der Waals surface area contributed by atoms with E-state index in [0.29, 0.717) is 23.8 Å². The number of amides is 1. The number of rotatable bonds is 6. The second kappa shape index (κ2) is 9.14. The molecule has 1 aliphatic rings. The molecule has 0 saturated carbocycles. The molecule has 0 bridgehead atoms. The maximum atomic E-state index is 12.3. The lowest BCUT2D eigenvalue weighted by atomic mass is 10.1. The standard InChI is InChI=1S/C20H19N7OS2/c1-26(2)13-24-16-9-22-18(23-10-16)15-5-3-4-14(8-15)11-27-20(28)30-12-17(25-27)19-21-6-7-29-19/h3-10,13H,11-12H2,1-2H3. The van der Waals surface area contributed by atoms with E-state index in [4.69, 9.17) is 0 Å². The van der Waals surface area contributed by atoms with Crippen LogP contribution in [0.5, 0.6) is 0 Å². The van der Waals surface area contributed by atoms with Crippen molar-refractivity contribution in [2.75, 3.05) is 19.8 Å². The van der Waals surface area contributed by atoms with Crippen molar-refractivity contribution in [3.63, 3.8) is 0 Å². The summed E-state index contributed by atoms with van der Waals surface area (Å²) in [4.78, 5) is 31.6. The number of hydrazone groups is 1. The zero-order valence-electron chi connectivity index (χ0n) is 16.5. The van der Waals surface area contributed by atoms with Crippen molar-refractivity contribution in [2.45, 2.75) is 6.54 Å². The Morgan fingerprint density at radius 1 is 1.23 bits per heavy atom. The number of thiazole rings is 1. The van der Waals surface area contributed by atoms with Crippen LogP contribution in [-0.2, 0) is 6.54 Å². The highest BCUT2D eigenvalue weighted by Gasteiger charge is 2.23. The maximum Gasteiger partial charge on any atom is 0.302 e. The van der Waals surface area contributed by atoms with Crippen LogP contribution in [-0.4, -0.2) is 62.0 Å². The van der Waals surface area contributed by atoms with Crippen molar-refractivity contribution in [1.29, 1.82) is 0 Å². The largest absolute Gasteiger partial charge is 0.369 e. The van der Waals surface area contributed by atoms with Crippen LogP contribution in [0.1, 0.15) is 10.6 Å². The van der Waals surface area contributed by atoms with E-state index in [1.807, 2.05) is 48.6 Å². The minimum atomic E-state index is -0.0694. The summed E-state index contributed by atoms with van der Waals surface area (Å²) in [6.45, 7) is 0.375. The Morgan fingerprint density at radius 2 is 2.07 bits per heavy atom. The van der Waals surface area contributed by atoms with E-state index in [-0.39, 0.29) is 5.24 Å². The molecule has 3 heterocycles. The number of thioether (sulfide) groups is 1. The fourth-order valence-corrected chi connectivity index (χ4v) is 4.11. The molecule has 152 valence electrons. The third-order valence-corrected chi connectivity index (χ3v) is 5.75. The minimum Gasteiger partial charge on any atom is -0.369 e. The van der Waals surface area contributed by atoms with Crippen LogP contribution in [0, 0.1) is 0 Å². The first-order valence-corrected chi connectivity index (χ1v) is 11.0. The fraction of sp³-hybridized carbons (Fsp3) is 0.200. The summed E-state index contributed by atoms with van der Waals surface area (Å²) in [5.74, 6) is 1.14. The summed E-state index contributed by atoms with van der Waals surface area (Å²) in [6, 6.07) is 7.81. The third kappa shape index (κ3) is 4.89. The van der Waals surface area contributed by atoms with E-state index < -0.39 is 0 Å². The Kier molecular flexibility index (Phi) is 6.15. The summed E-state index contributed by atoms with van der Waals surface area (Å²) in [5.41, 5.74) is 3.33. The van der Waals surface area contributed by atoms with Crippen molar-refractivity contribution < 1.29 is 4.79 Å². The molecule has 0 saturated heterocycles. The normalized spacial score (nSPS) is 14.3. The van der Waals surface area contributed by atoms with Gasteiger partial charge in [0.15, 0.2) is 5.82 Å². The van der Waals surface area contributed by atoms with Crippen molar-refractivity contribution in [3.8, 4) is 11.4 Å². The predicted molar refractivity (Wildman–Crippen MR) is 121 cm³/mol. The first kappa shape index (κ1) is 20.2. The summed E-state index contributed by atoms with van der Waals surface area (Å²) in [7, 11) is 3.81. The van der Waals surface area contributed by atoms with Gasteiger partial charge in [0.05, 0.1) is 31.0 Å². The fourth-order valence-electron chi connectivity index (χ4n) is 2.69. The van der Waals surface area contributed by atoms with Crippen LogP contribution in [0.15, 0.2) is 58.3 Å². The quantitative estimate of drug-likeness (QED) is 0.429. The molecule has 0 spiro atoms. The SMILES string of the molecule is CN(C)C=Nc1cnc(-c2cccc(CN3N=C(c4nccs4)CSC3=O)c2)nc1. The third-order valence-electron chi connectivity index (χ3n) is 4.06. The molecule has 0 unspecified atom stereocenters. The number of carbonyl (C=O) groups excluding carboxylic acids is 1. The number of aromatic nitrogens is 3. The summed E-state index contributed by atoms with van der Waals surface area (Å²) in [6.07, 6.45) is 6.82. The maximum absolute atomic E-state index is 12.3. The van der Waals surface area contributed by atoms with Crippen LogP contribution >= 0.6 is 23.1 Å². The number of benzene rings is 1. The van der Waals surface area contributed by atoms with E-state index >= 15 is 0 Å². The van der Waals surface area contributed by atoms with Gasteiger partial charge in [0, 0.05) is 31.2 Å². The molecule has 1 aromatic carbocycles. The summed E-state index contributed by atoms with van der Waals surface area (Å²) < 4.78 is 0. The van der Waals surface area contributed by atoms with E-state index in [1.54, 1.807) is 24.9 Å². The van der Waals surface area contributed by atoms with Crippen molar-refractivity contribution in [2.24, 2.45) is 10.1 Å². The molecule has 8 nitrogen and oxygen atoms in total. The first-order valence-electron chi connectivity index (χ1n) is 9.12. The highest BCUT2D eigenvalue weighted by Crippen LogP contribution is 2.24. The molecular weight excluding hydrogens is 418 g/mol. The van der Waals surface area contributed by atoms with Gasteiger partial charge in [0.2, 0.25) is 0 Å². The van der Waals surface area contributed by atoms with E-state index in [9.17, 15) is 4.79 Å². The Bertz CT molecular complexity index is 1080. The Labute approximate surface area is 182 Å². The van der Waals surface area contributed by atoms with Gasteiger partial charge in [-0.3, -0.25) is 4.79 Å². The second-order valence-corrected chi connectivity index (χ2v) is 8.49. The summed E-state index contributed by atoms with van der Waals surface area (Å²) in [5, 5.41) is 8.70. The van der Waals surface area contributed by atoms with Crippen molar-refractivity contribution >= 4 is 46.1 Å². The van der Waals surface area contributed by atoms with Gasteiger partial charge in [-0.1, -0.05) is 30.0 Å². The van der Waals surface area contributed by atoms with E-state index in [2.05, 4.69) is 25.0 Å². The average Bonchev–Trinajstić information content (AvgIpc) is 3.29. The molecular formula is C20H19N7OS2. The molecule has 0 N–H and O–H groups in total. The topological polar surface area (TPSA) is 86.9 Å². The molecule has 1 aliphatic heterocycles. The number of carbonyl (C=O) groups is 1. The molecule has 30 heavy (non-hydrogen) atoms. The monoisotopic (exact) mass is 437 g/mol. The van der Waals surface area contributed by atoms with Gasteiger partial charge in [-0.2, -0.15) is 5.10 Å². The molecule has 10 heteroatoms. The highest BCUT2D eigenvalue weighted by atomic mass is 32.2. The van der Waals surface area contributed by atoms with Crippen molar-refractivity contribution in [3.05, 3.63) is 58.8 Å². The van der Waals surface area contributed by atoms with Gasteiger partial charge in [-0.05, 0) is 11.6 Å². The lowest BCUT2D eigenvalue weighted by Crippen LogP contribution is -2.29. The Hall–Kier alpha value is -3.11. The van der Waals surface area contributed by atoms with Crippen LogP contribution in [0.25, 0.3) is 11.4 Å². The van der Waals surface area contributed by atoms with Crippen LogP contribution in [0.4, 0.5) is 10.5 Å². The zero-order valence-corrected chi connectivity index (χ0v) is 18.1. The average molecular weight is 438 g/mol. The number of nitrogens with zero attached hydrogens (tertiary/aromatic N) is 7. The van der Waals surface area contributed by atoms with Gasteiger partial charge < -0.3 is 4.90 Å². The number of hydrogen-bond acceptors (Lipinski definition) is 8. The minimum absolute atomic E-state index is 0.0694. The molecule has 2 aromatic heterocycles. The first-order chi connectivity index (χ1) is 14.6. The second-order valence-electron chi connectivity index (χ2n) is 6.67. The molecule has 1 amide bonds. The summed E-state index contributed by atoms with van der Waals surface area (Å²) >= 11 is 2.76. The van der Waals surface area contributed by atoms with Gasteiger partial charge in [-0.15, -0.1) is 11.3 Å². The molecule has 0 aliphatic carbocycles. The lowest BCUT2D eigenvalue weighted by Gasteiger charge is -2.22. The van der Waals surface area contributed by atoms with E-state index in [0.717, 1.165) is 21.8 Å². The van der Waals surface area contributed by atoms with Gasteiger partial charge in [0.25, 0.3) is 0 Å². The Balaban J connectivity index is 1.52. The number of hydrogen-bond donors (Lipinski definition) is 0. The molecule has 0 radical (unpaired) electrons. The molecule has 0 fully saturated rings. The smallest absolute Gasteiger partial charge is 0.302 e. The van der Waals surface area contributed by atoms with E-state index in [1.165, 1.54) is 28.1 Å². The van der Waals surface area contributed by atoms with Crippen LogP contribution in [0.3, 0.4) is 0 Å². The lowest BCUT2D eigenvalue weighted by molar-refractivity contribution is 0.222. The van der Waals surface area contributed by atoms with Gasteiger partial charge in [0.1, 0.15) is 16.4 Å². The molecule has 4 rings (SSSR count). The zero-order chi connectivity index (χ0) is 20.9. The number of aliphatic imine (C=N–C) groups is 1. The van der Waals surface area contributed by atoms with Crippen LogP contribution < -0.4 is 0 Å². The molecule has 3 aromatic rings. The van der Waals surface area contributed by atoms with Gasteiger partial charge in [-0.25, -0.2) is 25.0 Å². The predicted octanol–water partition coefficient (Wildman–Crippen LogP) is 3.89. The Morgan fingerprint density at radius 3 is 2.80 bits per heavy atom. The highest BCUT2D eigenvalue weighted by molar-refractivity contribution is 8.14. The van der Waals surface area contributed by atoms with Crippen molar-refractivity contribution in [1.82, 2.24) is 24.9 Å².